The van der Waals surface area contributed by atoms with Crippen LogP contribution in [0.4, 0.5) is 0 Å². The zero-order chi connectivity index (χ0) is 57.2. The third kappa shape index (κ3) is 59.4. The number of quaternary nitrogens is 1. The lowest BCUT2D eigenvalue weighted by atomic mass is 10.0. The molecule has 78 heavy (non-hydrogen) atoms. The summed E-state index contributed by atoms with van der Waals surface area (Å²) in [5.74, 6) is -0.481. The Morgan fingerprint density at radius 3 is 1.05 bits per heavy atom. The van der Waals surface area contributed by atoms with Gasteiger partial charge in [0.25, 0.3) is 0 Å². The van der Waals surface area contributed by atoms with E-state index in [1.807, 2.05) is 33.3 Å². The van der Waals surface area contributed by atoms with Crippen LogP contribution >= 0.6 is 7.82 Å². The number of unbranched alkanes of at least 4 members (excludes halogenated alkanes) is 48. The van der Waals surface area contributed by atoms with Crippen LogP contribution < -0.4 is 5.32 Å². The molecule has 3 atom stereocenters. The minimum atomic E-state index is -4.44. The van der Waals surface area contributed by atoms with E-state index in [-0.39, 0.29) is 25.1 Å². The summed E-state index contributed by atoms with van der Waals surface area (Å²) in [7, 11) is 1.52. The lowest BCUT2D eigenvalue weighted by molar-refractivity contribution is -0.870. The summed E-state index contributed by atoms with van der Waals surface area (Å²) >= 11 is 0. The molecule has 0 aromatic carbocycles. The Morgan fingerprint density at radius 2 is 0.731 bits per heavy atom. The number of phosphoric ester groups is 1. The van der Waals surface area contributed by atoms with E-state index in [4.69, 9.17) is 13.8 Å². The fourth-order valence-corrected chi connectivity index (χ4v) is 11.4. The van der Waals surface area contributed by atoms with E-state index in [9.17, 15) is 19.0 Å². The molecule has 0 aromatic heterocycles. The van der Waals surface area contributed by atoms with Crippen molar-refractivity contribution in [3.05, 3.63) is 12.2 Å². The van der Waals surface area contributed by atoms with Gasteiger partial charge in [0.2, 0.25) is 5.91 Å². The summed E-state index contributed by atoms with van der Waals surface area (Å²) < 4.78 is 30.8. The van der Waals surface area contributed by atoms with E-state index in [1.165, 1.54) is 270 Å². The Kier molecular flexibility index (Phi) is 58.0. The Morgan fingerprint density at radius 1 is 0.436 bits per heavy atom. The smallest absolute Gasteiger partial charge is 0.456 e. The minimum Gasteiger partial charge on any atom is -0.456 e. The van der Waals surface area contributed by atoms with Gasteiger partial charge in [0.1, 0.15) is 19.3 Å². The predicted molar refractivity (Wildman–Crippen MR) is 337 cm³/mol. The van der Waals surface area contributed by atoms with Crippen LogP contribution in [0.5, 0.6) is 0 Å². The molecule has 0 saturated heterocycles. The van der Waals surface area contributed by atoms with Crippen LogP contribution in [0.25, 0.3) is 0 Å². The molecule has 0 heterocycles. The number of allylic oxidation sites excluding steroid dienone is 1. The first-order valence-electron chi connectivity index (χ1n) is 34.5. The Labute approximate surface area is 486 Å². The van der Waals surface area contributed by atoms with E-state index in [0.717, 1.165) is 57.8 Å². The molecule has 0 radical (unpaired) electrons. The summed E-state index contributed by atoms with van der Waals surface area (Å²) in [6, 6.07) is -0.839. The predicted octanol–water partition coefficient (Wildman–Crippen LogP) is 21.5. The first-order chi connectivity index (χ1) is 37.9. The highest BCUT2D eigenvalue weighted by Gasteiger charge is 2.30. The summed E-state index contributed by atoms with van der Waals surface area (Å²) in [6.07, 6.45) is 69.4. The Hall–Kier alpha value is -1.25. The number of ether oxygens (including phenoxy) is 1. The zero-order valence-electron chi connectivity index (χ0n) is 53.2. The number of hydrogen-bond donors (Lipinski definition) is 2. The van der Waals surface area contributed by atoms with Crippen molar-refractivity contribution >= 4 is 19.7 Å². The second kappa shape index (κ2) is 58.9. The quantitative estimate of drug-likeness (QED) is 0.0205. The maximum absolute atomic E-state index is 13.6. The highest BCUT2D eigenvalue weighted by atomic mass is 31.2. The second-order valence-corrected chi connectivity index (χ2v) is 26.5. The van der Waals surface area contributed by atoms with E-state index in [2.05, 4.69) is 26.1 Å². The number of nitrogens with zero attached hydrogens (tertiary/aromatic N) is 1. The van der Waals surface area contributed by atoms with Crippen molar-refractivity contribution in [2.24, 2.45) is 0 Å². The molecule has 464 valence electrons. The van der Waals surface area contributed by atoms with Gasteiger partial charge < -0.3 is 19.4 Å². The molecule has 3 unspecified atom stereocenters. The highest BCUT2D eigenvalue weighted by Crippen LogP contribution is 2.43. The van der Waals surface area contributed by atoms with Crippen molar-refractivity contribution in [2.45, 2.75) is 373 Å². The number of carbonyl (C=O) groups excluding carboxylic acids is 2. The molecule has 0 spiro atoms. The Bertz CT molecular complexity index is 1340. The van der Waals surface area contributed by atoms with Gasteiger partial charge in [-0.2, -0.15) is 0 Å². The summed E-state index contributed by atoms with van der Waals surface area (Å²) in [5, 5.41) is 3.07. The van der Waals surface area contributed by atoms with Crippen molar-refractivity contribution < 1.29 is 37.3 Å². The molecule has 0 aliphatic carbocycles. The van der Waals surface area contributed by atoms with Gasteiger partial charge in [-0.1, -0.05) is 329 Å². The van der Waals surface area contributed by atoms with Crippen LogP contribution in [0.1, 0.15) is 361 Å². The van der Waals surface area contributed by atoms with Crippen molar-refractivity contribution in [1.29, 1.82) is 0 Å². The lowest BCUT2D eigenvalue weighted by Crippen LogP contribution is -2.47. The van der Waals surface area contributed by atoms with E-state index in [1.54, 1.807) is 0 Å². The zero-order valence-corrected chi connectivity index (χ0v) is 54.1. The third-order valence-corrected chi connectivity index (χ3v) is 17.0. The average Bonchev–Trinajstić information content (AvgIpc) is 3.40. The number of nitrogens with one attached hydrogen (secondary N) is 1. The number of rotatable bonds is 64. The molecule has 1 amide bonds. The number of likely N-dealkylation sites (N-methyl/N-ethyl adjacent to an activating group) is 1. The molecule has 0 aliphatic rings. The second-order valence-electron chi connectivity index (χ2n) is 25.1. The van der Waals surface area contributed by atoms with Crippen LogP contribution in [-0.2, 0) is 27.9 Å². The van der Waals surface area contributed by atoms with Crippen molar-refractivity contribution in [2.75, 3.05) is 40.9 Å². The molecule has 0 rings (SSSR count). The molecule has 10 heteroatoms. The first-order valence-corrected chi connectivity index (χ1v) is 36.0. The lowest BCUT2D eigenvalue weighted by Gasteiger charge is -2.27. The maximum atomic E-state index is 13.6. The molecule has 0 fully saturated rings. The third-order valence-electron chi connectivity index (χ3n) is 16.0. The molecular weight excluding hydrogens is 988 g/mol. The number of esters is 1. The van der Waals surface area contributed by atoms with Crippen LogP contribution in [0.2, 0.25) is 0 Å². The standard InChI is InChI=1S/C68H135N2O7P/c1-7-10-13-16-19-22-25-28-29-30-31-32-33-34-35-36-37-38-39-40-41-43-45-48-51-54-57-60-67(71)69-65(64-76-78(73,74)75-63-62-70(4,5)6)66(59-56-53-50-47-44-27-24-21-18-15-12-9-3)77-68(72)61-58-55-52-49-46-42-26-23-20-17-14-11-8-2/h56,59,65-66H,7-55,57-58,60-64H2,1-6H3,(H-,69,71,73,74)/p+1/b59-56-. The van der Waals surface area contributed by atoms with Gasteiger partial charge in [0.05, 0.1) is 33.8 Å². The van der Waals surface area contributed by atoms with Gasteiger partial charge in [0.15, 0.2) is 0 Å². The monoisotopic (exact) mass is 1120 g/mol. The largest absolute Gasteiger partial charge is 0.472 e. The van der Waals surface area contributed by atoms with Gasteiger partial charge in [-0.3, -0.25) is 18.6 Å². The van der Waals surface area contributed by atoms with Gasteiger partial charge in [-0.25, -0.2) is 4.57 Å². The summed E-state index contributed by atoms with van der Waals surface area (Å²) in [5.41, 5.74) is 0. The summed E-state index contributed by atoms with van der Waals surface area (Å²) in [6.45, 7) is 7.07. The van der Waals surface area contributed by atoms with Gasteiger partial charge in [0, 0.05) is 12.8 Å². The molecular formula is C68H136N2O7P+. The number of hydrogen-bond acceptors (Lipinski definition) is 6. The van der Waals surface area contributed by atoms with Crippen molar-refractivity contribution in [3.63, 3.8) is 0 Å². The average molecular weight is 1120 g/mol. The molecule has 0 bridgehead atoms. The summed E-state index contributed by atoms with van der Waals surface area (Å²) in [4.78, 5) is 37.8. The van der Waals surface area contributed by atoms with Gasteiger partial charge >= 0.3 is 13.8 Å². The van der Waals surface area contributed by atoms with E-state index < -0.39 is 20.0 Å². The normalized spacial score (nSPS) is 13.6. The van der Waals surface area contributed by atoms with Crippen LogP contribution in [0.15, 0.2) is 12.2 Å². The highest BCUT2D eigenvalue weighted by molar-refractivity contribution is 7.47. The molecule has 2 N–H and O–H groups in total. The molecule has 0 aliphatic heterocycles. The minimum absolute atomic E-state index is 0.0459. The fourth-order valence-electron chi connectivity index (χ4n) is 10.7. The fraction of sp³-hybridized carbons (Fsp3) is 0.941. The van der Waals surface area contributed by atoms with Gasteiger partial charge in [-0.05, 0) is 31.8 Å². The van der Waals surface area contributed by atoms with E-state index >= 15 is 0 Å². The van der Waals surface area contributed by atoms with E-state index in [0.29, 0.717) is 23.9 Å². The maximum Gasteiger partial charge on any atom is 0.472 e. The topological polar surface area (TPSA) is 111 Å². The number of amides is 1. The SMILES string of the molecule is CCCCCCCCCCCC/C=C\C(OC(=O)CCCCCCCCCCCCCCC)C(COP(=O)(O)OCC[N+](C)(C)C)NC(=O)CCCCCCCCCCCCCCCCCCCCCCCCCCCCC. The molecule has 9 nitrogen and oxygen atoms in total. The first kappa shape index (κ1) is 76.8. The van der Waals surface area contributed by atoms with Crippen LogP contribution in [0.3, 0.4) is 0 Å². The van der Waals surface area contributed by atoms with Crippen molar-refractivity contribution in [1.82, 2.24) is 5.32 Å². The molecule has 0 saturated carbocycles. The van der Waals surface area contributed by atoms with Crippen LogP contribution in [0, 0.1) is 0 Å². The Balaban J connectivity index is 4.92. The number of phosphoric acid groups is 1. The molecule has 0 aromatic rings. The van der Waals surface area contributed by atoms with Gasteiger partial charge in [-0.15, -0.1) is 0 Å². The van der Waals surface area contributed by atoms with Crippen molar-refractivity contribution in [3.8, 4) is 0 Å². The van der Waals surface area contributed by atoms with Crippen LogP contribution in [-0.4, -0.2) is 74.3 Å². The number of carbonyl (C=O) groups is 2.